The highest BCUT2D eigenvalue weighted by atomic mass is 16.6. The summed E-state index contributed by atoms with van der Waals surface area (Å²) in [5.41, 5.74) is 0.898. The number of benzene rings is 1. The molecule has 8 nitrogen and oxygen atoms in total. The molecule has 222 valence electrons. The first-order chi connectivity index (χ1) is 19.9. The average Bonchev–Trinajstić information content (AvgIpc) is 3.66. The van der Waals surface area contributed by atoms with E-state index >= 15 is 0 Å². The van der Waals surface area contributed by atoms with Crippen LogP contribution in [0.15, 0.2) is 77.1 Å². The quantitative estimate of drug-likeness (QED) is 0.327. The van der Waals surface area contributed by atoms with Crippen LogP contribution in [0.2, 0.25) is 0 Å². The number of ether oxygens (including phenoxy) is 4. The van der Waals surface area contributed by atoms with Crippen LogP contribution in [-0.2, 0) is 28.5 Å². The van der Waals surface area contributed by atoms with E-state index in [1.165, 1.54) is 7.11 Å². The lowest BCUT2D eigenvalue weighted by Gasteiger charge is -2.53. The van der Waals surface area contributed by atoms with Crippen molar-refractivity contribution in [3.8, 4) is 0 Å². The number of methoxy groups -OCH3 is 1. The lowest BCUT2D eigenvalue weighted by Crippen LogP contribution is -2.57. The topological polar surface area (TPSA) is 101 Å². The Hall–Kier alpha value is -3.65. The number of allylic oxidation sites excluding steroid dienone is 1. The molecule has 0 spiro atoms. The lowest BCUT2D eigenvalue weighted by molar-refractivity contribution is -0.168. The van der Waals surface area contributed by atoms with Crippen LogP contribution in [0.1, 0.15) is 68.8 Å². The molecule has 8 atom stereocenters. The van der Waals surface area contributed by atoms with Gasteiger partial charge < -0.3 is 23.4 Å². The van der Waals surface area contributed by atoms with Crippen molar-refractivity contribution < 1.29 is 37.7 Å². The van der Waals surface area contributed by atoms with Gasteiger partial charge in [0.2, 0.25) is 0 Å². The largest absolute Gasteiger partial charge is 0.472 e. The molecule has 8 heteroatoms. The number of hydrogen-bond donors (Lipinski definition) is 0. The van der Waals surface area contributed by atoms with Crippen molar-refractivity contribution in [1.29, 1.82) is 0 Å². The number of hydrogen-bond acceptors (Lipinski definition) is 8. The number of rotatable bonds is 5. The Kier molecular flexibility index (Phi) is 6.76. The minimum Gasteiger partial charge on any atom is -0.472 e. The van der Waals surface area contributed by atoms with Gasteiger partial charge >= 0.3 is 17.9 Å². The maximum Gasteiger partial charge on any atom is 0.338 e. The van der Waals surface area contributed by atoms with E-state index in [-0.39, 0.29) is 24.7 Å². The molecule has 2 aliphatic heterocycles. The third kappa shape index (κ3) is 4.09. The fraction of sp³-hybridized carbons (Fsp3) is 0.500. The minimum atomic E-state index is -0.992. The summed E-state index contributed by atoms with van der Waals surface area (Å²) in [7, 11) is 1.36. The molecule has 2 saturated heterocycles. The van der Waals surface area contributed by atoms with Gasteiger partial charge in [0, 0.05) is 28.6 Å². The summed E-state index contributed by atoms with van der Waals surface area (Å²) in [6.45, 7) is 12.5. The van der Waals surface area contributed by atoms with Crippen LogP contribution in [-0.4, -0.2) is 48.9 Å². The summed E-state index contributed by atoms with van der Waals surface area (Å²) in [4.78, 5) is 39.6. The second kappa shape index (κ2) is 9.97. The second-order valence-corrected chi connectivity index (χ2v) is 13.0. The van der Waals surface area contributed by atoms with Crippen LogP contribution < -0.4 is 0 Å². The van der Waals surface area contributed by atoms with E-state index in [9.17, 15) is 14.4 Å². The Morgan fingerprint density at radius 1 is 1.10 bits per heavy atom. The highest BCUT2D eigenvalue weighted by molar-refractivity contribution is 5.89. The number of cyclic esters (lactones) is 1. The van der Waals surface area contributed by atoms with Gasteiger partial charge in [-0.3, -0.25) is 9.59 Å². The zero-order valence-electron chi connectivity index (χ0n) is 24.8. The van der Waals surface area contributed by atoms with Gasteiger partial charge in [0.15, 0.2) is 0 Å². The molecular weight excluding hydrogens is 536 g/mol. The molecule has 42 heavy (non-hydrogen) atoms. The van der Waals surface area contributed by atoms with Crippen molar-refractivity contribution in [2.45, 2.75) is 76.8 Å². The van der Waals surface area contributed by atoms with Crippen molar-refractivity contribution in [3.63, 3.8) is 0 Å². The first-order valence-electron chi connectivity index (χ1n) is 14.5. The molecule has 3 fully saturated rings. The van der Waals surface area contributed by atoms with E-state index in [4.69, 9.17) is 23.4 Å². The van der Waals surface area contributed by atoms with Crippen LogP contribution in [0.5, 0.6) is 0 Å². The van der Waals surface area contributed by atoms with Crippen LogP contribution in [0.3, 0.4) is 0 Å². The van der Waals surface area contributed by atoms with Crippen LogP contribution in [0.25, 0.3) is 0 Å². The van der Waals surface area contributed by atoms with Gasteiger partial charge in [-0.2, -0.15) is 0 Å². The van der Waals surface area contributed by atoms with Crippen molar-refractivity contribution in [2.24, 2.45) is 22.7 Å². The highest BCUT2D eigenvalue weighted by Gasteiger charge is 2.71. The third-order valence-corrected chi connectivity index (χ3v) is 10.6. The fourth-order valence-corrected chi connectivity index (χ4v) is 8.65. The predicted molar refractivity (Wildman–Crippen MR) is 152 cm³/mol. The van der Waals surface area contributed by atoms with Crippen molar-refractivity contribution in [1.82, 2.24) is 0 Å². The van der Waals surface area contributed by atoms with Crippen LogP contribution >= 0.6 is 0 Å². The van der Waals surface area contributed by atoms with Gasteiger partial charge in [-0.05, 0) is 55.2 Å². The second-order valence-electron chi connectivity index (χ2n) is 13.0. The van der Waals surface area contributed by atoms with E-state index in [0.29, 0.717) is 12.0 Å². The molecule has 8 unspecified atom stereocenters. The first-order valence-corrected chi connectivity index (χ1v) is 14.5. The number of carbonyl (C=O) groups is 3. The van der Waals surface area contributed by atoms with E-state index in [1.54, 1.807) is 36.8 Å². The molecule has 1 aromatic heterocycles. The van der Waals surface area contributed by atoms with Gasteiger partial charge in [0.05, 0.1) is 44.1 Å². The summed E-state index contributed by atoms with van der Waals surface area (Å²) in [5, 5.41) is 0. The fourth-order valence-electron chi connectivity index (χ4n) is 8.65. The van der Waals surface area contributed by atoms with Gasteiger partial charge in [0.1, 0.15) is 17.8 Å². The number of fused-ring (bicyclic) bond motifs is 4. The molecule has 1 aromatic carbocycles. The SMILES string of the molecule is C=C1C2=CCC(c3ccoc3)C2(C)C(OC(=O)c2ccccc2)C2OC3CC(=O)OC(C)(C)C(CC(=O)OC)C3(C)C12. The summed E-state index contributed by atoms with van der Waals surface area (Å²) in [6, 6.07) is 10.9. The highest BCUT2D eigenvalue weighted by Crippen LogP contribution is 2.68. The van der Waals surface area contributed by atoms with Gasteiger partial charge in [0.25, 0.3) is 0 Å². The molecule has 2 aromatic rings. The molecule has 4 aliphatic rings. The van der Waals surface area contributed by atoms with Gasteiger partial charge in [-0.1, -0.05) is 44.7 Å². The number of esters is 3. The van der Waals surface area contributed by atoms with Gasteiger partial charge in [-0.25, -0.2) is 4.79 Å². The van der Waals surface area contributed by atoms with Gasteiger partial charge in [-0.15, -0.1) is 0 Å². The Balaban J connectivity index is 1.50. The van der Waals surface area contributed by atoms with Crippen molar-refractivity contribution >= 4 is 17.9 Å². The molecule has 1 saturated carbocycles. The Bertz CT molecular complexity index is 1440. The predicted octanol–water partition coefficient (Wildman–Crippen LogP) is 5.79. The zero-order valence-corrected chi connectivity index (χ0v) is 24.8. The smallest absolute Gasteiger partial charge is 0.338 e. The van der Waals surface area contributed by atoms with Crippen molar-refractivity contribution in [3.05, 3.63) is 83.9 Å². The average molecular weight is 575 g/mol. The summed E-state index contributed by atoms with van der Waals surface area (Å²) < 4.78 is 29.9. The summed E-state index contributed by atoms with van der Waals surface area (Å²) in [6.07, 6.45) is 4.41. The normalized spacial score (nSPS) is 36.5. The maximum atomic E-state index is 13.7. The standard InChI is InChI=1S/C34H38O8/c1-19-22-12-13-23(21-14-15-39-18-21)33(22,4)30(41-31(37)20-10-8-7-9-11-20)29-28(19)34(5)24(16-26(35)38-6)32(2,3)42-27(36)17-25(34)40-29/h7-12,14-15,18,23-25,28-30H,1,13,16-17H2,2-6H3. The third-order valence-electron chi connectivity index (χ3n) is 10.6. The first kappa shape index (κ1) is 28.5. The van der Waals surface area contributed by atoms with E-state index in [1.807, 2.05) is 26.0 Å². The molecule has 3 heterocycles. The molecule has 0 amide bonds. The molecule has 0 bridgehead atoms. The molecule has 0 N–H and O–H groups in total. The van der Waals surface area contributed by atoms with E-state index < -0.39 is 58.6 Å². The summed E-state index contributed by atoms with van der Waals surface area (Å²) >= 11 is 0. The number of furan rings is 1. The maximum absolute atomic E-state index is 13.7. The van der Waals surface area contributed by atoms with E-state index in [0.717, 1.165) is 16.7 Å². The van der Waals surface area contributed by atoms with Crippen LogP contribution in [0, 0.1) is 22.7 Å². The Labute approximate surface area is 246 Å². The molecule has 0 radical (unpaired) electrons. The lowest BCUT2D eigenvalue weighted by atomic mass is 9.51. The molecule has 6 rings (SSSR count). The Morgan fingerprint density at radius 2 is 1.83 bits per heavy atom. The van der Waals surface area contributed by atoms with Crippen LogP contribution in [0.4, 0.5) is 0 Å². The minimum absolute atomic E-state index is 0.0121. The summed E-state index contributed by atoms with van der Waals surface area (Å²) in [5.74, 6) is -2.10. The monoisotopic (exact) mass is 574 g/mol. The Morgan fingerprint density at radius 3 is 2.50 bits per heavy atom. The van der Waals surface area contributed by atoms with Crippen molar-refractivity contribution in [2.75, 3.05) is 7.11 Å². The zero-order chi connectivity index (χ0) is 30.0. The number of carbonyl (C=O) groups excluding carboxylic acids is 3. The molecule has 2 aliphatic carbocycles. The van der Waals surface area contributed by atoms with E-state index in [2.05, 4.69) is 26.5 Å². The molecular formula is C34H38O8.